The Balaban J connectivity index is 1.55. The molecule has 188 valence electrons. The van der Waals surface area contributed by atoms with Crippen LogP contribution in [0, 0.1) is 0 Å². The minimum Gasteiger partial charge on any atom is -0.348 e. The van der Waals surface area contributed by atoms with Gasteiger partial charge in [-0.05, 0) is 36.9 Å². The van der Waals surface area contributed by atoms with E-state index in [2.05, 4.69) is 16.0 Å². The molecule has 0 saturated heterocycles. The first kappa shape index (κ1) is 26.4. The number of carbonyl (C=O) groups is 3. The number of amides is 3. The minimum atomic E-state index is -4.61. The predicted octanol–water partition coefficient (Wildman–Crippen LogP) is 4.14. The second-order valence-corrected chi connectivity index (χ2v) is 8.03. The molecule has 0 saturated carbocycles. The lowest BCUT2D eigenvalue weighted by molar-refractivity contribution is -0.137. The third-order valence-corrected chi connectivity index (χ3v) is 5.08. The number of anilines is 2. The average molecular weight is 499 g/mol. The summed E-state index contributed by atoms with van der Waals surface area (Å²) in [6, 6.07) is 20.5. The van der Waals surface area contributed by atoms with Gasteiger partial charge >= 0.3 is 6.18 Å². The molecule has 0 aliphatic heterocycles. The van der Waals surface area contributed by atoms with E-state index in [9.17, 15) is 27.6 Å². The van der Waals surface area contributed by atoms with Crippen molar-refractivity contribution in [1.29, 1.82) is 0 Å². The summed E-state index contributed by atoms with van der Waals surface area (Å²) in [7, 11) is 1.48. The fourth-order valence-electron chi connectivity index (χ4n) is 3.43. The van der Waals surface area contributed by atoms with Crippen LogP contribution in [0.3, 0.4) is 0 Å². The lowest BCUT2D eigenvalue weighted by Gasteiger charge is -2.18. The van der Waals surface area contributed by atoms with Gasteiger partial charge in [-0.2, -0.15) is 13.2 Å². The molecule has 0 aliphatic rings. The van der Waals surface area contributed by atoms with Crippen molar-refractivity contribution in [3.8, 4) is 0 Å². The monoisotopic (exact) mass is 498 g/mol. The number of nitrogens with one attached hydrogen (secondary N) is 3. The Labute approximate surface area is 206 Å². The number of likely N-dealkylation sites (N-methyl/N-ethyl adjacent to an activating group) is 1. The number of halogens is 3. The number of rotatable bonds is 9. The summed E-state index contributed by atoms with van der Waals surface area (Å²) in [6.45, 7) is -0.232. The molecule has 0 bridgehead atoms. The zero-order chi connectivity index (χ0) is 26.1. The summed E-state index contributed by atoms with van der Waals surface area (Å²) in [6.07, 6.45) is -4.61. The molecule has 0 spiro atoms. The van der Waals surface area contributed by atoms with Crippen LogP contribution in [0.5, 0.6) is 0 Å². The Morgan fingerprint density at radius 2 is 1.28 bits per heavy atom. The Bertz CT molecular complexity index is 1220. The van der Waals surface area contributed by atoms with Gasteiger partial charge in [0.1, 0.15) is 0 Å². The van der Waals surface area contributed by atoms with Crippen LogP contribution in [-0.4, -0.2) is 42.8 Å². The van der Waals surface area contributed by atoms with E-state index in [0.29, 0.717) is 12.2 Å². The summed E-state index contributed by atoms with van der Waals surface area (Å²) < 4.78 is 39.4. The molecule has 0 heterocycles. The zero-order valence-electron chi connectivity index (χ0n) is 19.4. The first-order chi connectivity index (χ1) is 17.1. The molecule has 0 unspecified atom stereocenters. The summed E-state index contributed by atoms with van der Waals surface area (Å²) in [5.41, 5.74) is 0.172. The smallest absolute Gasteiger partial charge is 0.348 e. The fourth-order valence-corrected chi connectivity index (χ4v) is 3.43. The third-order valence-electron chi connectivity index (χ3n) is 5.08. The number of carbonyl (C=O) groups excluding carboxylic acids is 3. The van der Waals surface area contributed by atoms with E-state index in [1.165, 1.54) is 24.1 Å². The number of alkyl halides is 3. The van der Waals surface area contributed by atoms with Gasteiger partial charge in [0.15, 0.2) is 0 Å². The molecule has 3 N–H and O–H groups in total. The van der Waals surface area contributed by atoms with Gasteiger partial charge in [0.25, 0.3) is 5.91 Å². The van der Waals surface area contributed by atoms with Crippen LogP contribution < -0.4 is 16.0 Å². The van der Waals surface area contributed by atoms with Gasteiger partial charge in [0, 0.05) is 6.54 Å². The maximum absolute atomic E-state index is 13.1. The van der Waals surface area contributed by atoms with Crippen LogP contribution in [0.1, 0.15) is 21.5 Å². The lowest BCUT2D eigenvalue weighted by atomic mass is 10.1. The number of benzene rings is 3. The molecule has 3 rings (SSSR count). The number of hydrogen-bond donors (Lipinski definition) is 3. The number of hydrogen-bond acceptors (Lipinski definition) is 4. The normalized spacial score (nSPS) is 11.1. The second-order valence-electron chi connectivity index (χ2n) is 8.03. The van der Waals surface area contributed by atoms with E-state index in [-0.39, 0.29) is 30.2 Å². The topological polar surface area (TPSA) is 90.5 Å². The Kier molecular flexibility index (Phi) is 8.80. The molecule has 3 amide bonds. The molecule has 7 nitrogen and oxygen atoms in total. The standard InChI is InChI=1S/C26H25F3N4O3/c1-33(17-24(35)32-22-14-8-6-12-20(22)26(27,28)29)16-23(34)31-21-13-7-5-11-19(21)25(36)30-15-18-9-3-2-4-10-18/h2-14H,15-17H2,1H3,(H,30,36)(H,31,34)(H,32,35). The van der Waals surface area contributed by atoms with Crippen molar-refractivity contribution in [2.75, 3.05) is 30.8 Å². The molecule has 3 aromatic carbocycles. The highest BCUT2D eigenvalue weighted by molar-refractivity contribution is 6.04. The van der Waals surface area contributed by atoms with Crippen LogP contribution >= 0.6 is 0 Å². The third kappa shape index (κ3) is 7.67. The Morgan fingerprint density at radius 1 is 0.750 bits per heavy atom. The first-order valence-electron chi connectivity index (χ1n) is 11.0. The first-order valence-corrected chi connectivity index (χ1v) is 11.0. The van der Waals surface area contributed by atoms with Crippen molar-refractivity contribution in [2.24, 2.45) is 0 Å². The van der Waals surface area contributed by atoms with Crippen LogP contribution in [-0.2, 0) is 22.3 Å². The largest absolute Gasteiger partial charge is 0.418 e. The molecule has 0 atom stereocenters. The van der Waals surface area contributed by atoms with E-state index < -0.39 is 23.6 Å². The van der Waals surface area contributed by atoms with Gasteiger partial charge in [0.2, 0.25) is 11.8 Å². The van der Waals surface area contributed by atoms with Gasteiger partial charge in [-0.25, -0.2) is 0 Å². The highest BCUT2D eigenvalue weighted by Crippen LogP contribution is 2.34. The Morgan fingerprint density at radius 3 is 1.92 bits per heavy atom. The van der Waals surface area contributed by atoms with Crippen molar-refractivity contribution >= 4 is 29.1 Å². The molecule has 0 aromatic heterocycles. The van der Waals surface area contributed by atoms with Crippen molar-refractivity contribution in [3.05, 3.63) is 95.6 Å². The molecule has 36 heavy (non-hydrogen) atoms. The van der Waals surface area contributed by atoms with E-state index in [4.69, 9.17) is 0 Å². The average Bonchev–Trinajstić information content (AvgIpc) is 2.83. The maximum atomic E-state index is 13.1. The van der Waals surface area contributed by atoms with Gasteiger partial charge in [-0.1, -0.05) is 54.6 Å². The summed E-state index contributed by atoms with van der Waals surface area (Å²) in [4.78, 5) is 38.8. The highest BCUT2D eigenvalue weighted by atomic mass is 19.4. The molecule has 3 aromatic rings. The van der Waals surface area contributed by atoms with Crippen LogP contribution in [0.4, 0.5) is 24.5 Å². The van der Waals surface area contributed by atoms with Crippen molar-refractivity contribution < 1.29 is 27.6 Å². The second kappa shape index (κ2) is 12.0. The number of nitrogens with zero attached hydrogens (tertiary/aromatic N) is 1. The van der Waals surface area contributed by atoms with E-state index in [1.807, 2.05) is 30.3 Å². The van der Waals surface area contributed by atoms with Gasteiger partial charge in [0.05, 0.1) is 35.6 Å². The van der Waals surface area contributed by atoms with Crippen LogP contribution in [0.25, 0.3) is 0 Å². The van der Waals surface area contributed by atoms with Crippen molar-refractivity contribution in [3.63, 3.8) is 0 Å². The summed E-state index contributed by atoms with van der Waals surface area (Å²) in [5, 5.41) is 7.69. The minimum absolute atomic E-state index is 0.228. The SMILES string of the molecule is CN(CC(=O)Nc1ccccc1C(=O)NCc1ccccc1)CC(=O)Nc1ccccc1C(F)(F)F. The number of para-hydroxylation sites is 2. The molecule has 0 radical (unpaired) electrons. The van der Waals surface area contributed by atoms with Crippen molar-refractivity contribution in [1.82, 2.24) is 10.2 Å². The quantitative estimate of drug-likeness (QED) is 0.414. The molecule has 0 aliphatic carbocycles. The van der Waals surface area contributed by atoms with E-state index in [0.717, 1.165) is 17.7 Å². The maximum Gasteiger partial charge on any atom is 0.418 e. The molecular weight excluding hydrogens is 473 g/mol. The molecule has 10 heteroatoms. The van der Waals surface area contributed by atoms with Crippen LogP contribution in [0.2, 0.25) is 0 Å². The van der Waals surface area contributed by atoms with Gasteiger partial charge in [-0.15, -0.1) is 0 Å². The van der Waals surface area contributed by atoms with Crippen LogP contribution in [0.15, 0.2) is 78.9 Å². The lowest BCUT2D eigenvalue weighted by Crippen LogP contribution is -2.36. The highest BCUT2D eigenvalue weighted by Gasteiger charge is 2.33. The summed E-state index contributed by atoms with van der Waals surface area (Å²) >= 11 is 0. The fraction of sp³-hybridized carbons (Fsp3) is 0.192. The van der Waals surface area contributed by atoms with Crippen molar-refractivity contribution in [2.45, 2.75) is 12.7 Å². The molecule has 0 fully saturated rings. The molecular formula is C26H25F3N4O3. The zero-order valence-corrected chi connectivity index (χ0v) is 19.4. The predicted molar refractivity (Wildman–Crippen MR) is 130 cm³/mol. The summed E-state index contributed by atoms with van der Waals surface area (Å²) in [5.74, 6) is -1.57. The van der Waals surface area contributed by atoms with Gasteiger partial charge < -0.3 is 16.0 Å². The van der Waals surface area contributed by atoms with E-state index >= 15 is 0 Å². The Hall–Kier alpha value is -4.18. The van der Waals surface area contributed by atoms with E-state index in [1.54, 1.807) is 24.3 Å². The van der Waals surface area contributed by atoms with Gasteiger partial charge in [-0.3, -0.25) is 19.3 Å².